The summed E-state index contributed by atoms with van der Waals surface area (Å²) in [5.74, 6) is 0.369. The summed E-state index contributed by atoms with van der Waals surface area (Å²) in [5.41, 5.74) is 1.72. The molecule has 1 aromatic heterocycles. The first-order valence-corrected chi connectivity index (χ1v) is 21.3. The van der Waals surface area contributed by atoms with Crippen LogP contribution < -0.4 is 31.9 Å². The Morgan fingerprint density at radius 1 is 0.800 bits per heavy atom. The molecule has 2 atom stereocenters. The number of carbonyl (C=O) groups is 2. The van der Waals surface area contributed by atoms with E-state index in [2.05, 4.69) is 86.7 Å². The Labute approximate surface area is 331 Å². The molecule has 0 aliphatic carbocycles. The van der Waals surface area contributed by atoms with Crippen molar-refractivity contribution in [2.75, 3.05) is 68.9 Å². The summed E-state index contributed by atoms with van der Waals surface area (Å²) >= 11 is 1.50. The lowest BCUT2D eigenvalue weighted by atomic mass is 10.2. The van der Waals surface area contributed by atoms with Gasteiger partial charge >= 0.3 is 11.7 Å². The Morgan fingerprint density at radius 2 is 1.42 bits per heavy atom. The molecule has 2 aromatic carbocycles. The van der Waals surface area contributed by atoms with Crippen molar-refractivity contribution >= 4 is 35.1 Å². The summed E-state index contributed by atoms with van der Waals surface area (Å²) in [6.07, 6.45) is 12.1. The minimum absolute atomic E-state index is 0.136. The van der Waals surface area contributed by atoms with Gasteiger partial charge in [-0.3, -0.25) is 14.2 Å². The Kier molecular flexibility index (Phi) is 21.5. The molecule has 12 nitrogen and oxygen atoms in total. The van der Waals surface area contributed by atoms with Gasteiger partial charge in [0.1, 0.15) is 24.1 Å². The van der Waals surface area contributed by atoms with Crippen molar-refractivity contribution in [1.29, 1.82) is 0 Å². The normalized spacial score (nSPS) is 15.2. The van der Waals surface area contributed by atoms with E-state index in [0.29, 0.717) is 18.6 Å². The minimum atomic E-state index is -0.516. The lowest BCUT2D eigenvalue weighted by Crippen LogP contribution is -2.29. The molecule has 1 fully saturated rings. The van der Waals surface area contributed by atoms with E-state index < -0.39 is 11.9 Å². The van der Waals surface area contributed by atoms with Crippen LogP contribution in [0.4, 0.5) is 11.5 Å². The zero-order valence-electron chi connectivity index (χ0n) is 32.7. The maximum Gasteiger partial charge on any atom is 0.351 e. The molecule has 1 saturated heterocycles. The van der Waals surface area contributed by atoms with E-state index in [9.17, 15) is 14.4 Å². The Hall–Kier alpha value is -3.75. The number of hydrogen-bond donors (Lipinski definition) is 4. The predicted octanol–water partition coefficient (Wildman–Crippen LogP) is 6.10. The lowest BCUT2D eigenvalue weighted by Gasteiger charge is -2.19. The highest BCUT2D eigenvalue weighted by atomic mass is 32.2. The molecule has 302 valence electrons. The average molecular weight is 778 g/mol. The zero-order valence-corrected chi connectivity index (χ0v) is 33.5. The Balaban J connectivity index is 0.945. The van der Waals surface area contributed by atoms with Crippen molar-refractivity contribution in [3.8, 4) is 0 Å². The molecule has 55 heavy (non-hydrogen) atoms. The van der Waals surface area contributed by atoms with Gasteiger partial charge in [-0.15, -0.1) is 11.8 Å². The second-order valence-electron chi connectivity index (χ2n) is 14.0. The van der Waals surface area contributed by atoms with E-state index in [1.807, 2.05) is 12.1 Å². The van der Waals surface area contributed by atoms with Gasteiger partial charge in [0.2, 0.25) is 5.91 Å². The summed E-state index contributed by atoms with van der Waals surface area (Å²) in [6, 6.07) is 22.5. The van der Waals surface area contributed by atoms with E-state index in [4.69, 9.17) is 9.47 Å². The number of benzene rings is 2. The highest BCUT2D eigenvalue weighted by Crippen LogP contribution is 2.31. The molecule has 13 heteroatoms. The molecule has 4 N–H and O–H groups in total. The lowest BCUT2D eigenvalue weighted by molar-refractivity contribution is -0.147. The molecule has 0 bridgehead atoms. The molecule has 2 heterocycles. The molecule has 1 amide bonds. The second-order valence-corrected chi connectivity index (χ2v) is 15.2. The smallest absolute Gasteiger partial charge is 0.351 e. The number of ether oxygens (including phenoxy) is 2. The van der Waals surface area contributed by atoms with Crippen molar-refractivity contribution < 1.29 is 19.1 Å². The monoisotopic (exact) mass is 777 g/mol. The van der Waals surface area contributed by atoms with Gasteiger partial charge in [-0.05, 0) is 108 Å². The van der Waals surface area contributed by atoms with Gasteiger partial charge in [-0.25, -0.2) is 4.79 Å². The number of carbonyl (C=O) groups excluding carboxylic acids is 2. The van der Waals surface area contributed by atoms with Gasteiger partial charge in [0.25, 0.3) is 0 Å². The molecule has 1 aliphatic heterocycles. The number of para-hydroxylation sites is 1. The molecular formula is C42H63N7O5S. The summed E-state index contributed by atoms with van der Waals surface area (Å²) in [7, 11) is 2.14. The molecule has 0 saturated carbocycles. The maximum atomic E-state index is 12.7. The summed E-state index contributed by atoms with van der Waals surface area (Å²) in [5, 5.41) is 13.2. The number of amides is 1. The number of esters is 1. The average Bonchev–Trinajstić information content (AvgIpc) is 3.67. The Morgan fingerprint density at radius 3 is 2.11 bits per heavy atom. The third kappa shape index (κ3) is 18.6. The van der Waals surface area contributed by atoms with Crippen molar-refractivity contribution in [3.63, 3.8) is 0 Å². The molecule has 0 radical (unpaired) electrons. The molecule has 3 aromatic rings. The minimum Gasteiger partial charge on any atom is -0.462 e. The van der Waals surface area contributed by atoms with Crippen LogP contribution in [0.1, 0.15) is 88.8 Å². The fourth-order valence-corrected chi connectivity index (χ4v) is 7.20. The van der Waals surface area contributed by atoms with Crippen LogP contribution in [0.3, 0.4) is 0 Å². The number of thioether (sulfide) groups is 1. The van der Waals surface area contributed by atoms with Crippen LogP contribution in [0.2, 0.25) is 0 Å². The first kappa shape index (κ1) is 44.0. The standard InChI is InChI=1S/C42H63N7O5S/c1-48(36-20-8-3-9-21-36)30-17-5-14-26-44-28-16-11-23-40(51)53-33-41-54-39(34-55-41)49-31-24-37(47-42(49)52)46-38(50)22-10-15-27-43-25-12-4-13-29-45-32-35-18-6-2-7-19-35/h2-3,6-9,18-21,24,31,39,41,43-45H,4-5,10-17,22-23,25-30,32-34H2,1H3,(H,46,47,50,52). The van der Waals surface area contributed by atoms with Crippen molar-refractivity contribution in [3.05, 3.63) is 89.0 Å². The van der Waals surface area contributed by atoms with Crippen molar-refractivity contribution in [1.82, 2.24) is 25.5 Å². The number of hydrogen-bond acceptors (Lipinski definition) is 11. The molecule has 1 aliphatic rings. The van der Waals surface area contributed by atoms with E-state index in [0.717, 1.165) is 97.2 Å². The zero-order chi connectivity index (χ0) is 38.8. The first-order chi connectivity index (χ1) is 27.0. The highest BCUT2D eigenvalue weighted by molar-refractivity contribution is 8.00. The number of aromatic nitrogens is 2. The summed E-state index contributed by atoms with van der Waals surface area (Å²) in [4.78, 5) is 43.8. The fraction of sp³-hybridized carbons (Fsp3) is 0.571. The van der Waals surface area contributed by atoms with Crippen LogP contribution in [0.5, 0.6) is 0 Å². The van der Waals surface area contributed by atoms with Crippen LogP contribution >= 0.6 is 11.8 Å². The van der Waals surface area contributed by atoms with E-state index in [-0.39, 0.29) is 29.7 Å². The van der Waals surface area contributed by atoms with E-state index >= 15 is 0 Å². The van der Waals surface area contributed by atoms with Crippen LogP contribution in [0.15, 0.2) is 77.7 Å². The number of rotatable bonds is 29. The van der Waals surface area contributed by atoms with Gasteiger partial charge in [0.05, 0.1) is 0 Å². The van der Waals surface area contributed by atoms with Crippen LogP contribution in [0.25, 0.3) is 0 Å². The second kappa shape index (κ2) is 27.0. The van der Waals surface area contributed by atoms with Crippen molar-refractivity contribution in [2.24, 2.45) is 0 Å². The fourth-order valence-electron chi connectivity index (χ4n) is 6.21. The maximum absolute atomic E-state index is 12.7. The van der Waals surface area contributed by atoms with Crippen LogP contribution in [0, 0.1) is 0 Å². The van der Waals surface area contributed by atoms with Gasteiger partial charge in [-0.2, -0.15) is 4.98 Å². The van der Waals surface area contributed by atoms with E-state index in [1.54, 1.807) is 12.3 Å². The number of unbranched alkanes of at least 4 members (excludes halogenated alkanes) is 6. The third-order valence-corrected chi connectivity index (χ3v) is 10.5. The third-order valence-electron chi connectivity index (χ3n) is 9.44. The Bertz CT molecular complexity index is 1550. The van der Waals surface area contributed by atoms with Crippen LogP contribution in [-0.2, 0) is 25.6 Å². The van der Waals surface area contributed by atoms with Crippen molar-refractivity contribution in [2.45, 2.75) is 95.3 Å². The quantitative estimate of drug-likeness (QED) is 0.0481. The number of nitrogens with zero attached hydrogens (tertiary/aromatic N) is 3. The highest BCUT2D eigenvalue weighted by Gasteiger charge is 2.29. The largest absolute Gasteiger partial charge is 0.462 e. The number of anilines is 2. The SMILES string of the molecule is CN(CCCCCNCCCCC(=O)OCC1OC(n2ccc(NC(=O)CCCCNCCCCCNCc3ccccc3)nc2=O)CS1)c1ccccc1. The molecule has 4 rings (SSSR count). The van der Waals surface area contributed by atoms with Crippen LogP contribution in [-0.4, -0.2) is 85.5 Å². The van der Waals surface area contributed by atoms with E-state index in [1.165, 1.54) is 40.4 Å². The predicted molar refractivity (Wildman–Crippen MR) is 223 cm³/mol. The van der Waals surface area contributed by atoms with Gasteiger partial charge < -0.3 is 35.6 Å². The summed E-state index contributed by atoms with van der Waals surface area (Å²) < 4.78 is 12.8. The number of nitrogens with one attached hydrogen (secondary N) is 4. The van der Waals surface area contributed by atoms with Gasteiger partial charge in [-0.1, -0.05) is 61.4 Å². The summed E-state index contributed by atoms with van der Waals surface area (Å²) in [6.45, 7) is 6.86. The van der Waals surface area contributed by atoms with Gasteiger partial charge in [0.15, 0.2) is 0 Å². The first-order valence-electron chi connectivity index (χ1n) is 20.2. The molecular weight excluding hydrogens is 715 g/mol. The topological polar surface area (TPSA) is 139 Å². The van der Waals surface area contributed by atoms with Gasteiger partial charge in [0, 0.05) is 50.6 Å². The molecule has 0 spiro atoms. The molecule has 2 unspecified atom stereocenters.